The fraction of sp³-hybridized carbons (Fsp3) is 0.500. The summed E-state index contributed by atoms with van der Waals surface area (Å²) in [6.45, 7) is 0.788. The maximum atomic E-state index is 5.19. The predicted molar refractivity (Wildman–Crippen MR) is 25.7 cm³/mol. The lowest BCUT2D eigenvalue weighted by molar-refractivity contribution is -0.112. The molecule has 1 heterocycles. The van der Waals surface area contributed by atoms with E-state index in [1.54, 1.807) is 6.26 Å². The van der Waals surface area contributed by atoms with Crippen molar-refractivity contribution in [2.45, 2.75) is 6.42 Å². The van der Waals surface area contributed by atoms with E-state index in [-0.39, 0.29) is 0 Å². The van der Waals surface area contributed by atoms with Gasteiger partial charge in [0.15, 0.2) is 0 Å². The van der Waals surface area contributed by atoms with Crippen LogP contribution in [0.1, 0.15) is 6.42 Å². The summed E-state index contributed by atoms with van der Waals surface area (Å²) in [4.78, 5) is 4.71. The van der Waals surface area contributed by atoms with Crippen LogP contribution in [-0.4, -0.2) is 11.7 Å². The smallest absolute Gasteiger partial charge is 0.109 e. The van der Waals surface area contributed by atoms with E-state index < -0.39 is 0 Å². The van der Waals surface area contributed by atoms with Crippen LogP contribution in [0.25, 0.3) is 0 Å². The van der Waals surface area contributed by atoms with Crippen molar-refractivity contribution in [3.8, 4) is 0 Å². The van der Waals surface area contributed by atoms with E-state index in [1.807, 2.05) is 6.08 Å². The number of hydrazine groups is 1. The lowest BCUT2D eigenvalue weighted by atomic mass is 10.4. The zero-order valence-corrected chi connectivity index (χ0v) is 4.00. The van der Waals surface area contributed by atoms with Crippen molar-refractivity contribution in [1.29, 1.82) is 0 Å². The van der Waals surface area contributed by atoms with Gasteiger partial charge in [0.05, 0.1) is 6.54 Å². The van der Waals surface area contributed by atoms with Gasteiger partial charge in [-0.2, -0.15) is 0 Å². The highest BCUT2D eigenvalue weighted by Gasteiger charge is 1.97. The second-order valence-electron chi connectivity index (χ2n) is 1.41. The average molecular weight is 100 g/mol. The average Bonchev–Trinajstić information content (AvgIpc) is 1.69. The molecule has 0 aromatic rings. The normalized spacial score (nSPS) is 21.9. The van der Waals surface area contributed by atoms with Crippen LogP contribution in [0.5, 0.6) is 0 Å². The minimum atomic E-state index is 0.788. The van der Waals surface area contributed by atoms with Gasteiger partial charge in [0, 0.05) is 0 Å². The van der Waals surface area contributed by atoms with E-state index in [4.69, 9.17) is 10.7 Å². The standard InChI is InChI=1S/C4H8N2O/c5-6-3-1-2-4-7-6/h2,4H,1,3,5H2. The van der Waals surface area contributed by atoms with E-state index in [0.29, 0.717) is 0 Å². The maximum Gasteiger partial charge on any atom is 0.109 e. The summed E-state index contributed by atoms with van der Waals surface area (Å²) in [7, 11) is 0. The first-order valence-corrected chi connectivity index (χ1v) is 2.23. The molecule has 0 saturated heterocycles. The van der Waals surface area contributed by atoms with E-state index in [9.17, 15) is 0 Å². The van der Waals surface area contributed by atoms with Crippen molar-refractivity contribution in [2.75, 3.05) is 6.54 Å². The van der Waals surface area contributed by atoms with Gasteiger partial charge < -0.3 is 4.84 Å². The molecule has 0 amide bonds. The van der Waals surface area contributed by atoms with Crippen LogP contribution >= 0.6 is 0 Å². The quantitative estimate of drug-likeness (QED) is 0.436. The number of hydrogen-bond donors (Lipinski definition) is 1. The van der Waals surface area contributed by atoms with Crippen molar-refractivity contribution < 1.29 is 4.84 Å². The fourth-order valence-corrected chi connectivity index (χ4v) is 0.444. The van der Waals surface area contributed by atoms with Crippen LogP contribution in [0, 0.1) is 0 Å². The summed E-state index contributed by atoms with van der Waals surface area (Å²) in [6, 6.07) is 0. The Morgan fingerprint density at radius 3 is 2.86 bits per heavy atom. The Kier molecular flexibility index (Phi) is 1.29. The zero-order chi connectivity index (χ0) is 5.11. The molecule has 3 nitrogen and oxygen atoms in total. The molecular weight excluding hydrogens is 92.1 g/mol. The van der Waals surface area contributed by atoms with Crippen LogP contribution in [-0.2, 0) is 4.84 Å². The maximum absolute atomic E-state index is 5.19. The number of hydrogen-bond acceptors (Lipinski definition) is 3. The highest BCUT2D eigenvalue weighted by atomic mass is 16.7. The van der Waals surface area contributed by atoms with Gasteiger partial charge in [0.2, 0.25) is 0 Å². The second kappa shape index (κ2) is 1.95. The summed E-state index contributed by atoms with van der Waals surface area (Å²) in [5.41, 5.74) is 0. The first kappa shape index (κ1) is 4.61. The van der Waals surface area contributed by atoms with Crippen molar-refractivity contribution in [2.24, 2.45) is 5.84 Å². The number of nitrogens with zero attached hydrogens (tertiary/aromatic N) is 1. The molecule has 3 heteroatoms. The Morgan fingerprint density at radius 2 is 2.57 bits per heavy atom. The van der Waals surface area contributed by atoms with Gasteiger partial charge in [-0.25, -0.2) is 5.84 Å². The van der Waals surface area contributed by atoms with Crippen molar-refractivity contribution in [1.82, 2.24) is 5.17 Å². The van der Waals surface area contributed by atoms with Gasteiger partial charge in [-0.15, -0.1) is 0 Å². The Balaban J connectivity index is 2.32. The molecule has 40 valence electrons. The summed E-state index contributed by atoms with van der Waals surface area (Å²) in [6.07, 6.45) is 4.50. The first-order chi connectivity index (χ1) is 3.39. The third kappa shape index (κ3) is 1.17. The number of hydroxylamine groups is 1. The summed E-state index contributed by atoms with van der Waals surface area (Å²) in [5, 5.41) is 1.31. The molecular formula is C4H8N2O. The zero-order valence-electron chi connectivity index (χ0n) is 4.00. The molecule has 0 unspecified atom stereocenters. The van der Waals surface area contributed by atoms with Crippen molar-refractivity contribution >= 4 is 0 Å². The minimum Gasteiger partial charge on any atom is -0.399 e. The van der Waals surface area contributed by atoms with Crippen molar-refractivity contribution in [3.05, 3.63) is 12.3 Å². The van der Waals surface area contributed by atoms with E-state index >= 15 is 0 Å². The SMILES string of the molecule is NN1CCC=CO1. The van der Waals surface area contributed by atoms with Gasteiger partial charge in [0.1, 0.15) is 6.26 Å². The molecule has 0 aromatic carbocycles. The molecule has 0 radical (unpaired) electrons. The lowest BCUT2D eigenvalue weighted by Crippen LogP contribution is -2.31. The van der Waals surface area contributed by atoms with Crippen LogP contribution in [0.2, 0.25) is 0 Å². The largest absolute Gasteiger partial charge is 0.399 e. The molecule has 0 fully saturated rings. The van der Waals surface area contributed by atoms with Crippen molar-refractivity contribution in [3.63, 3.8) is 0 Å². The Bertz CT molecular complexity index is 81.8. The molecule has 0 bridgehead atoms. The Labute approximate surface area is 42.3 Å². The minimum absolute atomic E-state index is 0.788. The van der Waals surface area contributed by atoms with Gasteiger partial charge in [-0.05, 0) is 12.5 Å². The molecule has 2 N–H and O–H groups in total. The van der Waals surface area contributed by atoms with E-state index in [1.165, 1.54) is 5.17 Å². The molecule has 1 aliphatic heterocycles. The van der Waals surface area contributed by atoms with Crippen LogP contribution in [0.3, 0.4) is 0 Å². The molecule has 7 heavy (non-hydrogen) atoms. The third-order valence-corrected chi connectivity index (χ3v) is 0.809. The molecule has 0 aromatic heterocycles. The summed E-state index contributed by atoms with van der Waals surface area (Å²) in [5.74, 6) is 5.19. The van der Waals surface area contributed by atoms with Gasteiger partial charge in [-0.1, -0.05) is 5.17 Å². The second-order valence-corrected chi connectivity index (χ2v) is 1.41. The third-order valence-electron chi connectivity index (χ3n) is 0.809. The summed E-state index contributed by atoms with van der Waals surface area (Å²) >= 11 is 0. The topological polar surface area (TPSA) is 38.5 Å². The Morgan fingerprint density at radius 1 is 1.71 bits per heavy atom. The highest BCUT2D eigenvalue weighted by Crippen LogP contribution is 1.94. The van der Waals surface area contributed by atoms with Gasteiger partial charge in [0.25, 0.3) is 0 Å². The fourth-order valence-electron chi connectivity index (χ4n) is 0.444. The number of nitrogens with two attached hydrogens (primary N) is 1. The number of rotatable bonds is 0. The monoisotopic (exact) mass is 100 g/mol. The van der Waals surface area contributed by atoms with Gasteiger partial charge in [-0.3, -0.25) is 0 Å². The molecule has 0 atom stereocenters. The first-order valence-electron chi connectivity index (χ1n) is 2.23. The van der Waals surface area contributed by atoms with Gasteiger partial charge >= 0.3 is 0 Å². The molecule has 1 aliphatic rings. The van der Waals surface area contributed by atoms with Crippen LogP contribution in [0.4, 0.5) is 0 Å². The molecule has 0 spiro atoms. The van der Waals surface area contributed by atoms with E-state index in [0.717, 1.165) is 13.0 Å². The van der Waals surface area contributed by atoms with Crippen LogP contribution in [0.15, 0.2) is 12.3 Å². The van der Waals surface area contributed by atoms with E-state index in [2.05, 4.69) is 0 Å². The molecule has 0 saturated carbocycles. The predicted octanol–water partition coefficient (Wildman–Crippen LogP) is 0.0111. The van der Waals surface area contributed by atoms with Crippen LogP contribution < -0.4 is 5.84 Å². The molecule has 0 aliphatic carbocycles. The Hall–Kier alpha value is -0.540. The lowest BCUT2D eigenvalue weighted by Gasteiger charge is -2.15. The highest BCUT2D eigenvalue weighted by molar-refractivity contribution is 4.76. The summed E-state index contributed by atoms with van der Waals surface area (Å²) < 4.78 is 0. The molecule has 1 rings (SSSR count).